The molecule has 0 bridgehead atoms. The van der Waals surface area contributed by atoms with Gasteiger partial charge in [-0.1, -0.05) is 0 Å². The van der Waals surface area contributed by atoms with Crippen LogP contribution in [0.25, 0.3) is 0 Å². The molecule has 116 valence electrons. The molecule has 4 atom stereocenters. The minimum atomic E-state index is -0.192. The van der Waals surface area contributed by atoms with Gasteiger partial charge in [-0.15, -0.1) is 0 Å². The van der Waals surface area contributed by atoms with Gasteiger partial charge in [-0.05, 0) is 33.5 Å². The number of hydrogen-bond donors (Lipinski definition) is 1. The van der Waals surface area contributed by atoms with Gasteiger partial charge in [-0.25, -0.2) is 0 Å². The molecule has 21 heavy (non-hydrogen) atoms. The molecule has 1 aliphatic carbocycles. The van der Waals surface area contributed by atoms with Crippen LogP contribution in [0.3, 0.4) is 0 Å². The number of hydrogen-bond acceptors (Lipinski definition) is 5. The normalized spacial score (nSPS) is 30.9. The van der Waals surface area contributed by atoms with Gasteiger partial charge in [0.25, 0.3) is 11.9 Å². The maximum Gasteiger partial charge on any atom is 0.287 e. The SMILES string of the molecule is CCOc1ccc(C(=O)N[C@H]2[C@H]3CCO[C@H]3[C@@H]2N(C)C)o1. The van der Waals surface area contributed by atoms with E-state index < -0.39 is 0 Å². The summed E-state index contributed by atoms with van der Waals surface area (Å²) in [5.41, 5.74) is 0. The zero-order valence-corrected chi connectivity index (χ0v) is 12.7. The summed E-state index contributed by atoms with van der Waals surface area (Å²) in [6.07, 6.45) is 1.24. The highest BCUT2D eigenvalue weighted by Crippen LogP contribution is 2.41. The molecule has 1 aromatic rings. The third-order valence-electron chi connectivity index (χ3n) is 4.34. The number of amides is 1. The number of nitrogens with zero attached hydrogens (tertiary/aromatic N) is 1. The molecular weight excluding hydrogens is 272 g/mol. The highest BCUT2D eigenvalue weighted by Gasteiger charge is 2.55. The van der Waals surface area contributed by atoms with E-state index >= 15 is 0 Å². The van der Waals surface area contributed by atoms with Crippen molar-refractivity contribution in [3.8, 4) is 5.95 Å². The number of nitrogens with one attached hydrogen (secondary N) is 1. The number of fused-ring (bicyclic) bond motifs is 1. The van der Waals surface area contributed by atoms with Gasteiger partial charge < -0.3 is 24.1 Å². The van der Waals surface area contributed by atoms with Crippen molar-refractivity contribution in [2.24, 2.45) is 5.92 Å². The molecule has 1 amide bonds. The Morgan fingerprint density at radius 2 is 2.29 bits per heavy atom. The van der Waals surface area contributed by atoms with Crippen LogP contribution in [0.1, 0.15) is 23.9 Å². The van der Waals surface area contributed by atoms with Crippen molar-refractivity contribution in [2.45, 2.75) is 31.5 Å². The number of carbonyl (C=O) groups excluding carboxylic acids is 1. The van der Waals surface area contributed by atoms with E-state index in [1.54, 1.807) is 12.1 Å². The Kier molecular flexibility index (Phi) is 3.91. The zero-order valence-electron chi connectivity index (χ0n) is 12.7. The number of ether oxygens (including phenoxy) is 2. The number of carbonyl (C=O) groups is 1. The largest absolute Gasteiger partial charge is 0.465 e. The summed E-state index contributed by atoms with van der Waals surface area (Å²) < 4.78 is 16.4. The molecular formula is C15H22N2O4. The Labute approximate surface area is 124 Å². The molecule has 1 saturated carbocycles. The van der Waals surface area contributed by atoms with Gasteiger partial charge >= 0.3 is 0 Å². The van der Waals surface area contributed by atoms with Crippen LogP contribution in [-0.4, -0.2) is 56.3 Å². The third kappa shape index (κ3) is 2.53. The molecule has 1 aromatic heterocycles. The molecule has 6 nitrogen and oxygen atoms in total. The summed E-state index contributed by atoms with van der Waals surface area (Å²) in [5, 5.41) is 3.08. The van der Waals surface area contributed by atoms with E-state index in [0.29, 0.717) is 24.2 Å². The standard InChI is InChI=1S/C15H22N2O4/c1-4-19-11-6-5-10(21-11)15(18)16-12-9-7-8-20-14(9)13(12)17(2)3/h5-6,9,12-14H,4,7-8H2,1-3H3,(H,16,18)/t9-,12+,13-,14-/m1/s1. The first-order chi connectivity index (χ1) is 10.1. The minimum absolute atomic E-state index is 0.112. The van der Waals surface area contributed by atoms with Crippen LogP contribution in [0.2, 0.25) is 0 Å². The Morgan fingerprint density at radius 3 is 3.00 bits per heavy atom. The lowest BCUT2D eigenvalue weighted by atomic mass is 9.71. The van der Waals surface area contributed by atoms with Crippen molar-refractivity contribution in [3.05, 3.63) is 17.9 Å². The summed E-state index contributed by atoms with van der Waals surface area (Å²) in [4.78, 5) is 14.4. The monoisotopic (exact) mass is 294 g/mol. The first kappa shape index (κ1) is 14.4. The second-order valence-electron chi connectivity index (χ2n) is 5.79. The molecule has 6 heteroatoms. The van der Waals surface area contributed by atoms with E-state index in [9.17, 15) is 4.79 Å². The Bertz CT molecular complexity index is 514. The van der Waals surface area contributed by atoms with Crippen molar-refractivity contribution in [1.29, 1.82) is 0 Å². The molecule has 1 N–H and O–H groups in total. The van der Waals surface area contributed by atoms with Crippen LogP contribution in [0.15, 0.2) is 16.5 Å². The second kappa shape index (κ2) is 5.69. The van der Waals surface area contributed by atoms with Crippen molar-refractivity contribution >= 4 is 5.91 Å². The predicted octanol–water partition coefficient (Wildman–Crippen LogP) is 1.13. The van der Waals surface area contributed by atoms with Gasteiger partial charge in [0, 0.05) is 18.6 Å². The maximum absolute atomic E-state index is 12.3. The van der Waals surface area contributed by atoms with Crippen LogP contribution >= 0.6 is 0 Å². The van der Waals surface area contributed by atoms with Crippen molar-refractivity contribution in [2.75, 3.05) is 27.3 Å². The summed E-state index contributed by atoms with van der Waals surface area (Å²) in [6.45, 7) is 3.17. The molecule has 1 aliphatic heterocycles. The van der Waals surface area contributed by atoms with E-state index in [-0.39, 0.29) is 24.1 Å². The number of likely N-dealkylation sites (N-methyl/N-ethyl adjacent to an activating group) is 1. The summed E-state index contributed by atoms with van der Waals surface area (Å²) >= 11 is 0. The quantitative estimate of drug-likeness (QED) is 0.882. The van der Waals surface area contributed by atoms with Crippen molar-refractivity contribution < 1.29 is 18.7 Å². The Balaban J connectivity index is 1.66. The maximum atomic E-state index is 12.3. The van der Waals surface area contributed by atoms with Gasteiger partial charge in [0.1, 0.15) is 0 Å². The molecule has 2 heterocycles. The molecule has 2 fully saturated rings. The van der Waals surface area contributed by atoms with E-state index in [1.807, 2.05) is 21.0 Å². The van der Waals surface area contributed by atoms with Crippen molar-refractivity contribution in [3.63, 3.8) is 0 Å². The van der Waals surface area contributed by atoms with Crippen LogP contribution in [0.4, 0.5) is 0 Å². The molecule has 0 spiro atoms. The van der Waals surface area contributed by atoms with Crippen LogP contribution in [0, 0.1) is 5.92 Å². The Hall–Kier alpha value is -1.53. The highest BCUT2D eigenvalue weighted by atomic mass is 16.6. The van der Waals surface area contributed by atoms with E-state index in [0.717, 1.165) is 13.0 Å². The van der Waals surface area contributed by atoms with E-state index in [4.69, 9.17) is 13.9 Å². The van der Waals surface area contributed by atoms with E-state index in [2.05, 4.69) is 10.2 Å². The fourth-order valence-corrected chi connectivity index (χ4v) is 3.37. The molecule has 0 aromatic carbocycles. The van der Waals surface area contributed by atoms with Crippen LogP contribution in [0.5, 0.6) is 5.95 Å². The lowest BCUT2D eigenvalue weighted by molar-refractivity contribution is -0.0666. The van der Waals surface area contributed by atoms with Gasteiger partial charge in [-0.3, -0.25) is 4.79 Å². The first-order valence-electron chi connectivity index (χ1n) is 7.43. The number of furan rings is 1. The fourth-order valence-electron chi connectivity index (χ4n) is 3.37. The van der Waals surface area contributed by atoms with Gasteiger partial charge in [0.2, 0.25) is 0 Å². The topological polar surface area (TPSA) is 63.9 Å². The van der Waals surface area contributed by atoms with Crippen LogP contribution in [-0.2, 0) is 4.74 Å². The molecule has 2 aliphatic rings. The predicted molar refractivity (Wildman–Crippen MR) is 76.5 cm³/mol. The first-order valence-corrected chi connectivity index (χ1v) is 7.43. The average molecular weight is 294 g/mol. The molecule has 0 radical (unpaired) electrons. The Morgan fingerprint density at radius 1 is 1.48 bits per heavy atom. The summed E-state index contributed by atoms with van der Waals surface area (Å²) in [7, 11) is 4.03. The van der Waals surface area contributed by atoms with E-state index in [1.165, 1.54) is 0 Å². The van der Waals surface area contributed by atoms with Crippen LogP contribution < -0.4 is 10.1 Å². The zero-order chi connectivity index (χ0) is 15.0. The molecule has 3 rings (SSSR count). The third-order valence-corrected chi connectivity index (χ3v) is 4.34. The molecule has 1 saturated heterocycles. The van der Waals surface area contributed by atoms with Gasteiger partial charge in [0.05, 0.1) is 24.8 Å². The minimum Gasteiger partial charge on any atom is -0.465 e. The molecule has 0 unspecified atom stereocenters. The average Bonchev–Trinajstić information content (AvgIpc) is 3.03. The smallest absolute Gasteiger partial charge is 0.287 e. The van der Waals surface area contributed by atoms with Gasteiger partial charge in [0.15, 0.2) is 5.76 Å². The fraction of sp³-hybridized carbons (Fsp3) is 0.667. The lowest BCUT2D eigenvalue weighted by Gasteiger charge is -2.50. The summed E-state index contributed by atoms with van der Waals surface area (Å²) in [6, 6.07) is 3.65. The highest BCUT2D eigenvalue weighted by molar-refractivity contribution is 5.92. The van der Waals surface area contributed by atoms with Gasteiger partial charge in [-0.2, -0.15) is 0 Å². The number of rotatable bonds is 5. The summed E-state index contributed by atoms with van der Waals surface area (Å²) in [5.74, 6) is 0.881. The second-order valence-corrected chi connectivity index (χ2v) is 5.79. The lowest BCUT2D eigenvalue weighted by Crippen LogP contribution is -2.69. The van der Waals surface area contributed by atoms with Crippen molar-refractivity contribution in [1.82, 2.24) is 10.2 Å².